The molecular formula is C19H14F3NO. The lowest BCUT2D eigenvalue weighted by atomic mass is 9.88. The fourth-order valence-corrected chi connectivity index (χ4v) is 3.48. The first-order valence-electron chi connectivity index (χ1n) is 7.86. The Bertz CT molecular complexity index is 976. The summed E-state index contributed by atoms with van der Waals surface area (Å²) in [6.45, 7) is 0. The minimum Gasteiger partial charge on any atom is -0.294 e. The second kappa shape index (κ2) is 5.30. The largest absolute Gasteiger partial charge is 0.394 e. The number of nitrogens with zero attached hydrogens (tertiary/aromatic N) is 1. The van der Waals surface area contributed by atoms with Gasteiger partial charge in [-0.3, -0.25) is 9.78 Å². The average molecular weight is 329 g/mol. The molecule has 0 amide bonds. The fraction of sp³-hybridized carbons (Fsp3) is 0.263. The van der Waals surface area contributed by atoms with E-state index < -0.39 is 12.6 Å². The van der Waals surface area contributed by atoms with Crippen molar-refractivity contribution in [1.82, 2.24) is 4.98 Å². The van der Waals surface area contributed by atoms with Crippen LogP contribution < -0.4 is 0 Å². The van der Waals surface area contributed by atoms with Gasteiger partial charge in [0.2, 0.25) is 0 Å². The number of carbonyl (C=O) groups is 1. The van der Waals surface area contributed by atoms with Gasteiger partial charge in [0, 0.05) is 17.4 Å². The summed E-state index contributed by atoms with van der Waals surface area (Å²) in [6.07, 6.45) is -3.80. The van der Waals surface area contributed by atoms with Crippen molar-refractivity contribution in [3.63, 3.8) is 0 Å². The van der Waals surface area contributed by atoms with Crippen LogP contribution in [0.2, 0.25) is 0 Å². The van der Waals surface area contributed by atoms with Crippen molar-refractivity contribution in [3.05, 3.63) is 53.3 Å². The monoisotopic (exact) mass is 329 g/mol. The first kappa shape index (κ1) is 15.1. The summed E-state index contributed by atoms with van der Waals surface area (Å²) < 4.78 is 39.0. The number of benzene rings is 2. The molecule has 0 aliphatic heterocycles. The Kier molecular flexibility index (Phi) is 3.34. The van der Waals surface area contributed by atoms with Crippen LogP contribution in [-0.2, 0) is 12.8 Å². The van der Waals surface area contributed by atoms with E-state index in [4.69, 9.17) is 0 Å². The number of pyridine rings is 1. The predicted octanol–water partition coefficient (Wildman–Crippen LogP) is 5.01. The van der Waals surface area contributed by atoms with Crippen LogP contribution in [0.5, 0.6) is 0 Å². The molecule has 1 heterocycles. The van der Waals surface area contributed by atoms with Gasteiger partial charge < -0.3 is 0 Å². The van der Waals surface area contributed by atoms with Gasteiger partial charge in [0.15, 0.2) is 5.78 Å². The number of halogens is 3. The van der Waals surface area contributed by atoms with E-state index in [1.807, 2.05) is 30.3 Å². The van der Waals surface area contributed by atoms with Gasteiger partial charge in [0.25, 0.3) is 0 Å². The maximum atomic E-state index is 13.0. The van der Waals surface area contributed by atoms with Crippen LogP contribution in [0.15, 0.2) is 36.4 Å². The van der Waals surface area contributed by atoms with Crippen LogP contribution in [0.1, 0.15) is 34.6 Å². The SMILES string of the molecule is O=C1CCCc2nc(CC(F)(F)F)c3cc4ccccc4cc3c21. The summed E-state index contributed by atoms with van der Waals surface area (Å²) in [7, 11) is 0. The number of fused-ring (bicyclic) bond motifs is 4. The molecule has 122 valence electrons. The van der Waals surface area contributed by atoms with E-state index in [1.54, 1.807) is 6.07 Å². The molecule has 3 aromatic rings. The molecule has 0 atom stereocenters. The van der Waals surface area contributed by atoms with Crippen LogP contribution >= 0.6 is 0 Å². The molecule has 1 aromatic heterocycles. The normalized spacial score (nSPS) is 15.0. The topological polar surface area (TPSA) is 30.0 Å². The van der Waals surface area contributed by atoms with Gasteiger partial charge in [-0.1, -0.05) is 24.3 Å². The zero-order valence-corrected chi connectivity index (χ0v) is 12.8. The molecule has 2 aromatic carbocycles. The molecule has 1 aliphatic rings. The van der Waals surface area contributed by atoms with E-state index >= 15 is 0 Å². The Hall–Kier alpha value is -2.43. The van der Waals surface area contributed by atoms with E-state index in [9.17, 15) is 18.0 Å². The third-order valence-corrected chi connectivity index (χ3v) is 4.49. The standard InChI is InChI=1S/C19H14F3NO/c20-19(21,22)10-16-13-8-11-4-1-2-5-12(11)9-14(13)18-15(23-16)6-3-7-17(18)24/h1-2,4-5,8-9H,3,6-7,10H2. The highest BCUT2D eigenvalue weighted by atomic mass is 19.4. The van der Waals surface area contributed by atoms with Crippen molar-refractivity contribution < 1.29 is 18.0 Å². The van der Waals surface area contributed by atoms with Crippen molar-refractivity contribution in [2.75, 3.05) is 0 Å². The lowest BCUT2D eigenvalue weighted by Gasteiger charge is -2.19. The number of carbonyl (C=O) groups excluding carboxylic acids is 1. The first-order chi connectivity index (χ1) is 11.4. The molecule has 0 fully saturated rings. The van der Waals surface area contributed by atoms with Gasteiger partial charge in [0.05, 0.1) is 17.8 Å². The van der Waals surface area contributed by atoms with Crippen molar-refractivity contribution in [1.29, 1.82) is 0 Å². The van der Waals surface area contributed by atoms with Crippen LogP contribution in [0.25, 0.3) is 21.5 Å². The van der Waals surface area contributed by atoms with Gasteiger partial charge in [-0.2, -0.15) is 13.2 Å². The minimum atomic E-state index is -4.33. The van der Waals surface area contributed by atoms with E-state index in [2.05, 4.69) is 4.98 Å². The number of Topliss-reactive ketones (excluding diaryl/α,β-unsaturated/α-hetero) is 1. The van der Waals surface area contributed by atoms with Crippen molar-refractivity contribution in [3.8, 4) is 0 Å². The lowest BCUT2D eigenvalue weighted by molar-refractivity contribution is -0.127. The lowest BCUT2D eigenvalue weighted by Crippen LogP contribution is -2.18. The molecule has 0 N–H and O–H groups in total. The Labute approximate surface area is 136 Å². The highest BCUT2D eigenvalue weighted by Crippen LogP contribution is 2.34. The van der Waals surface area contributed by atoms with Crippen LogP contribution in [-0.4, -0.2) is 16.9 Å². The molecule has 0 saturated carbocycles. The van der Waals surface area contributed by atoms with Crippen LogP contribution in [0.3, 0.4) is 0 Å². The Morgan fingerprint density at radius 2 is 1.67 bits per heavy atom. The number of aromatic nitrogens is 1. The molecule has 0 spiro atoms. The molecule has 0 bridgehead atoms. The quantitative estimate of drug-likeness (QED) is 0.587. The molecule has 5 heteroatoms. The molecular weight excluding hydrogens is 315 g/mol. The maximum Gasteiger partial charge on any atom is 0.394 e. The van der Waals surface area contributed by atoms with Crippen molar-refractivity contribution >= 4 is 27.3 Å². The van der Waals surface area contributed by atoms with Gasteiger partial charge in [0.1, 0.15) is 0 Å². The average Bonchev–Trinajstić information content (AvgIpc) is 2.52. The molecule has 0 unspecified atom stereocenters. The van der Waals surface area contributed by atoms with E-state index in [0.29, 0.717) is 41.3 Å². The molecule has 0 radical (unpaired) electrons. The van der Waals surface area contributed by atoms with Crippen molar-refractivity contribution in [2.45, 2.75) is 31.9 Å². The maximum absolute atomic E-state index is 13.0. The smallest absolute Gasteiger partial charge is 0.294 e. The number of hydrogen-bond donors (Lipinski definition) is 0. The summed E-state index contributed by atoms with van der Waals surface area (Å²) in [5.41, 5.74) is 1.03. The summed E-state index contributed by atoms with van der Waals surface area (Å²) in [6, 6.07) is 11.0. The summed E-state index contributed by atoms with van der Waals surface area (Å²) in [5, 5.41) is 2.79. The third kappa shape index (κ3) is 2.54. The van der Waals surface area contributed by atoms with E-state index in [0.717, 1.165) is 10.8 Å². The zero-order chi connectivity index (χ0) is 16.9. The fourth-order valence-electron chi connectivity index (χ4n) is 3.48. The summed E-state index contributed by atoms with van der Waals surface area (Å²) in [5.74, 6) is -0.0254. The molecule has 4 rings (SSSR count). The first-order valence-corrected chi connectivity index (χ1v) is 7.86. The third-order valence-electron chi connectivity index (χ3n) is 4.49. The molecule has 2 nitrogen and oxygen atoms in total. The van der Waals surface area contributed by atoms with Crippen molar-refractivity contribution in [2.24, 2.45) is 0 Å². The van der Waals surface area contributed by atoms with Gasteiger partial charge in [-0.05, 0) is 41.1 Å². The molecule has 0 saturated heterocycles. The number of alkyl halides is 3. The van der Waals surface area contributed by atoms with E-state index in [1.165, 1.54) is 0 Å². The van der Waals surface area contributed by atoms with Gasteiger partial charge >= 0.3 is 6.18 Å². The zero-order valence-electron chi connectivity index (χ0n) is 12.8. The van der Waals surface area contributed by atoms with Gasteiger partial charge in [-0.25, -0.2) is 0 Å². The highest BCUT2D eigenvalue weighted by Gasteiger charge is 2.31. The number of rotatable bonds is 1. The van der Waals surface area contributed by atoms with Crippen LogP contribution in [0, 0.1) is 0 Å². The predicted molar refractivity (Wildman–Crippen MR) is 86.3 cm³/mol. The molecule has 24 heavy (non-hydrogen) atoms. The van der Waals surface area contributed by atoms with E-state index in [-0.39, 0.29) is 11.5 Å². The highest BCUT2D eigenvalue weighted by molar-refractivity contribution is 6.13. The molecule has 1 aliphatic carbocycles. The Morgan fingerprint density at radius 3 is 2.33 bits per heavy atom. The van der Waals surface area contributed by atoms with Crippen LogP contribution in [0.4, 0.5) is 13.2 Å². The number of aryl methyl sites for hydroxylation is 1. The second-order valence-corrected chi connectivity index (χ2v) is 6.19. The number of hydrogen-bond acceptors (Lipinski definition) is 2. The van der Waals surface area contributed by atoms with Gasteiger partial charge in [-0.15, -0.1) is 0 Å². The minimum absolute atomic E-state index is 0.0108. The summed E-state index contributed by atoms with van der Waals surface area (Å²) >= 11 is 0. The Balaban J connectivity index is 2.09. The number of ketones is 1. The Morgan fingerprint density at radius 1 is 1.00 bits per heavy atom. The summed E-state index contributed by atoms with van der Waals surface area (Å²) in [4.78, 5) is 16.6. The second-order valence-electron chi connectivity index (χ2n) is 6.19.